The van der Waals surface area contributed by atoms with Crippen molar-refractivity contribution < 1.29 is 0 Å². The van der Waals surface area contributed by atoms with Crippen molar-refractivity contribution in [2.75, 3.05) is 0 Å². The van der Waals surface area contributed by atoms with Gasteiger partial charge in [-0.25, -0.2) is 0 Å². The van der Waals surface area contributed by atoms with Gasteiger partial charge < -0.3 is 0 Å². The van der Waals surface area contributed by atoms with Crippen molar-refractivity contribution in [3.63, 3.8) is 0 Å². The smallest absolute Gasteiger partial charge is 0.0705 e. The van der Waals surface area contributed by atoms with Gasteiger partial charge in [0.1, 0.15) is 0 Å². The van der Waals surface area contributed by atoms with Crippen LogP contribution >= 0.6 is 0 Å². The lowest BCUT2D eigenvalue weighted by molar-refractivity contribution is 1.20. The van der Waals surface area contributed by atoms with E-state index in [1.54, 1.807) is 0 Å². The molecule has 0 radical (unpaired) electrons. The highest BCUT2D eigenvalue weighted by molar-refractivity contribution is 5.59. The van der Waals surface area contributed by atoms with Gasteiger partial charge in [-0.1, -0.05) is 63.6 Å². The van der Waals surface area contributed by atoms with E-state index in [9.17, 15) is 0 Å². The van der Waals surface area contributed by atoms with Gasteiger partial charge in [-0.15, -0.1) is 0 Å². The largest absolute Gasteiger partial charge is 0.253 e. The fourth-order valence-electron chi connectivity index (χ4n) is 1.43. The molecule has 2 aromatic rings. The fourth-order valence-corrected chi connectivity index (χ4v) is 1.43. The first-order valence-corrected chi connectivity index (χ1v) is 6.76. The molecule has 0 saturated carbocycles. The van der Waals surface area contributed by atoms with E-state index in [-0.39, 0.29) is 0 Å². The molecule has 1 nitrogen and oxygen atoms in total. The Balaban J connectivity index is 0.000000659. The molecule has 0 atom stereocenters. The third-order valence-corrected chi connectivity index (χ3v) is 2.24. The number of hydrogen-bond acceptors (Lipinski definition) is 1. The highest BCUT2D eigenvalue weighted by atomic mass is 14.7. The highest BCUT2D eigenvalue weighted by Gasteiger charge is 1.97. The van der Waals surface area contributed by atoms with Crippen LogP contribution in [0, 0.1) is 13.8 Å². The number of aryl methyl sites for hydroxylation is 2. The number of rotatable bonds is 1. The van der Waals surface area contributed by atoms with E-state index in [2.05, 4.69) is 36.2 Å². The second-order valence-corrected chi connectivity index (χ2v) is 3.53. The second kappa shape index (κ2) is 9.41. The van der Waals surface area contributed by atoms with Gasteiger partial charge in [0.05, 0.1) is 5.69 Å². The Morgan fingerprint density at radius 2 is 1.28 bits per heavy atom. The average molecular weight is 243 g/mol. The van der Waals surface area contributed by atoms with Crippen molar-refractivity contribution in [3.8, 4) is 11.3 Å². The monoisotopic (exact) mass is 243 g/mol. The van der Waals surface area contributed by atoms with Crippen LogP contribution in [0.15, 0.2) is 42.5 Å². The molecule has 1 aromatic heterocycles. The van der Waals surface area contributed by atoms with Crippen LogP contribution in [0.5, 0.6) is 0 Å². The summed E-state index contributed by atoms with van der Waals surface area (Å²) >= 11 is 0. The van der Waals surface area contributed by atoms with Crippen LogP contribution in [0.1, 0.15) is 39.0 Å². The van der Waals surface area contributed by atoms with E-state index >= 15 is 0 Å². The Labute approximate surface area is 112 Å². The Morgan fingerprint density at radius 1 is 0.722 bits per heavy atom. The molecule has 98 valence electrons. The fraction of sp³-hybridized carbons (Fsp3) is 0.353. The molecule has 0 aliphatic rings. The van der Waals surface area contributed by atoms with Crippen molar-refractivity contribution in [1.82, 2.24) is 4.98 Å². The Kier molecular flexibility index (Phi) is 8.55. The molecule has 0 aliphatic heterocycles. The summed E-state index contributed by atoms with van der Waals surface area (Å²) in [6.45, 7) is 12.1. The predicted octanol–water partition coefficient (Wildman–Crippen LogP) is 5.42. The van der Waals surface area contributed by atoms with Gasteiger partial charge in [-0.05, 0) is 26.0 Å². The van der Waals surface area contributed by atoms with Crippen LogP contribution in [0.3, 0.4) is 0 Å². The van der Waals surface area contributed by atoms with Gasteiger partial charge in [-0.3, -0.25) is 4.98 Å². The predicted molar refractivity (Wildman–Crippen MR) is 81.8 cm³/mol. The van der Waals surface area contributed by atoms with Crippen molar-refractivity contribution in [3.05, 3.63) is 53.7 Å². The van der Waals surface area contributed by atoms with Crippen molar-refractivity contribution in [2.24, 2.45) is 0 Å². The van der Waals surface area contributed by atoms with Gasteiger partial charge in [0.2, 0.25) is 0 Å². The zero-order chi connectivity index (χ0) is 14.0. The molecule has 1 aromatic carbocycles. The highest BCUT2D eigenvalue weighted by Crippen LogP contribution is 2.17. The summed E-state index contributed by atoms with van der Waals surface area (Å²) < 4.78 is 0. The molecule has 0 unspecified atom stereocenters. The van der Waals surface area contributed by atoms with Crippen LogP contribution in [-0.4, -0.2) is 4.98 Å². The lowest BCUT2D eigenvalue weighted by Crippen LogP contribution is -1.85. The average Bonchev–Trinajstić information content (AvgIpc) is 2.44. The van der Waals surface area contributed by atoms with Gasteiger partial charge >= 0.3 is 0 Å². The first-order valence-electron chi connectivity index (χ1n) is 6.76. The molecule has 18 heavy (non-hydrogen) atoms. The lowest BCUT2D eigenvalue weighted by Gasteiger charge is -2.01. The van der Waals surface area contributed by atoms with Crippen molar-refractivity contribution in [2.45, 2.75) is 41.5 Å². The molecule has 2 rings (SSSR count). The SMILES string of the molecule is CC.CC.Cc1ccc(-c2cccc(C)n2)cc1. The molecular formula is C17H25N. The van der Waals surface area contributed by atoms with Crippen molar-refractivity contribution in [1.29, 1.82) is 0 Å². The van der Waals surface area contributed by atoms with Gasteiger partial charge in [0.15, 0.2) is 0 Å². The molecule has 1 heteroatoms. The van der Waals surface area contributed by atoms with E-state index in [1.165, 1.54) is 11.1 Å². The van der Waals surface area contributed by atoms with Crippen LogP contribution < -0.4 is 0 Å². The topological polar surface area (TPSA) is 12.9 Å². The van der Waals surface area contributed by atoms with Gasteiger partial charge in [0.25, 0.3) is 0 Å². The molecule has 0 spiro atoms. The minimum Gasteiger partial charge on any atom is -0.253 e. The molecule has 0 saturated heterocycles. The number of benzene rings is 1. The summed E-state index contributed by atoms with van der Waals surface area (Å²) in [5.74, 6) is 0. The number of pyridine rings is 1. The third-order valence-electron chi connectivity index (χ3n) is 2.24. The number of aromatic nitrogens is 1. The number of hydrogen-bond donors (Lipinski definition) is 0. The van der Waals surface area contributed by atoms with Crippen LogP contribution in [-0.2, 0) is 0 Å². The van der Waals surface area contributed by atoms with Crippen LogP contribution in [0.2, 0.25) is 0 Å². The lowest BCUT2D eigenvalue weighted by atomic mass is 10.1. The molecule has 0 aliphatic carbocycles. The zero-order valence-electron chi connectivity index (χ0n) is 12.5. The first kappa shape index (κ1) is 16.4. The Bertz CT molecular complexity index is 430. The van der Waals surface area contributed by atoms with Crippen LogP contribution in [0.4, 0.5) is 0 Å². The minimum absolute atomic E-state index is 1.05. The maximum Gasteiger partial charge on any atom is 0.0705 e. The molecule has 0 fully saturated rings. The number of nitrogens with zero attached hydrogens (tertiary/aromatic N) is 1. The van der Waals surface area contributed by atoms with E-state index in [0.717, 1.165) is 11.4 Å². The summed E-state index contributed by atoms with van der Waals surface area (Å²) in [4.78, 5) is 4.47. The second-order valence-electron chi connectivity index (χ2n) is 3.53. The first-order chi connectivity index (χ1) is 8.75. The van der Waals surface area contributed by atoms with E-state index in [4.69, 9.17) is 0 Å². The summed E-state index contributed by atoms with van der Waals surface area (Å²) in [6.07, 6.45) is 0. The normalized spacial score (nSPS) is 8.56. The summed E-state index contributed by atoms with van der Waals surface area (Å²) in [5.41, 5.74) is 4.56. The molecule has 0 N–H and O–H groups in total. The quantitative estimate of drug-likeness (QED) is 0.652. The van der Waals surface area contributed by atoms with Gasteiger partial charge in [-0.2, -0.15) is 0 Å². The van der Waals surface area contributed by atoms with Crippen molar-refractivity contribution >= 4 is 0 Å². The summed E-state index contributed by atoms with van der Waals surface area (Å²) in [6, 6.07) is 14.5. The van der Waals surface area contributed by atoms with Crippen LogP contribution in [0.25, 0.3) is 11.3 Å². The van der Waals surface area contributed by atoms with E-state index in [1.807, 2.05) is 52.8 Å². The summed E-state index contributed by atoms with van der Waals surface area (Å²) in [5, 5.41) is 0. The molecular weight excluding hydrogens is 218 g/mol. The minimum atomic E-state index is 1.05. The Hall–Kier alpha value is -1.63. The van der Waals surface area contributed by atoms with E-state index in [0.29, 0.717) is 0 Å². The zero-order valence-corrected chi connectivity index (χ0v) is 12.5. The maximum absolute atomic E-state index is 4.47. The third kappa shape index (κ3) is 5.13. The van der Waals surface area contributed by atoms with Gasteiger partial charge in [0, 0.05) is 11.3 Å². The standard InChI is InChI=1S/C13H13N.2C2H6/c1-10-6-8-12(9-7-10)13-5-3-4-11(2)14-13;2*1-2/h3-9H,1-2H3;2*1-2H3. The molecule has 1 heterocycles. The Morgan fingerprint density at radius 3 is 1.78 bits per heavy atom. The molecule has 0 bridgehead atoms. The molecule has 0 amide bonds. The maximum atomic E-state index is 4.47. The van der Waals surface area contributed by atoms with E-state index < -0.39 is 0 Å². The summed E-state index contributed by atoms with van der Waals surface area (Å²) in [7, 11) is 0.